The van der Waals surface area contributed by atoms with Crippen molar-refractivity contribution < 1.29 is 18.0 Å². The summed E-state index contributed by atoms with van der Waals surface area (Å²) in [7, 11) is -4.13. The van der Waals surface area contributed by atoms with Crippen molar-refractivity contribution in [1.29, 1.82) is 0 Å². The first kappa shape index (κ1) is 28.9. The average molecular weight is 589 g/mol. The van der Waals surface area contributed by atoms with Gasteiger partial charge in [-0.25, -0.2) is 8.42 Å². The van der Waals surface area contributed by atoms with E-state index in [2.05, 4.69) is 5.32 Å². The minimum atomic E-state index is -4.13. The van der Waals surface area contributed by atoms with Gasteiger partial charge in [-0.1, -0.05) is 72.4 Å². The van der Waals surface area contributed by atoms with Crippen LogP contribution in [0.4, 0.5) is 5.69 Å². The summed E-state index contributed by atoms with van der Waals surface area (Å²) in [5.41, 5.74) is 1.00. The Balaban J connectivity index is 1.67. The number of anilines is 1. The van der Waals surface area contributed by atoms with E-state index in [0.717, 1.165) is 35.6 Å². The Kier molecular flexibility index (Phi) is 9.53. The van der Waals surface area contributed by atoms with E-state index < -0.39 is 28.5 Å². The molecule has 0 radical (unpaired) electrons. The second kappa shape index (κ2) is 12.9. The number of sulfonamides is 1. The molecule has 4 rings (SSSR count). The Morgan fingerprint density at radius 1 is 0.923 bits per heavy atom. The van der Waals surface area contributed by atoms with Crippen LogP contribution < -0.4 is 9.62 Å². The van der Waals surface area contributed by atoms with E-state index in [1.807, 2.05) is 0 Å². The number of halogens is 2. The molecule has 0 bridgehead atoms. The molecule has 1 aliphatic carbocycles. The topological polar surface area (TPSA) is 86.8 Å². The van der Waals surface area contributed by atoms with Crippen LogP contribution >= 0.6 is 23.2 Å². The van der Waals surface area contributed by atoms with E-state index in [1.165, 1.54) is 23.1 Å². The van der Waals surface area contributed by atoms with Gasteiger partial charge in [0.1, 0.15) is 12.6 Å². The number of benzene rings is 3. The van der Waals surface area contributed by atoms with Crippen molar-refractivity contribution in [2.45, 2.75) is 56.1 Å². The lowest BCUT2D eigenvalue weighted by Crippen LogP contribution is -2.52. The van der Waals surface area contributed by atoms with Crippen LogP contribution in [0.3, 0.4) is 0 Å². The number of rotatable bonds is 10. The van der Waals surface area contributed by atoms with Crippen molar-refractivity contribution in [3.8, 4) is 0 Å². The maximum absolute atomic E-state index is 13.9. The van der Waals surface area contributed by atoms with Crippen LogP contribution in [0.2, 0.25) is 10.0 Å². The molecule has 39 heavy (non-hydrogen) atoms. The molecule has 0 heterocycles. The highest BCUT2D eigenvalue weighted by atomic mass is 35.5. The Hall–Kier alpha value is -3.07. The van der Waals surface area contributed by atoms with Gasteiger partial charge in [0.2, 0.25) is 11.8 Å². The molecule has 10 heteroatoms. The highest BCUT2D eigenvalue weighted by Gasteiger charge is 2.33. The zero-order chi connectivity index (χ0) is 28.0. The molecule has 7 nitrogen and oxygen atoms in total. The van der Waals surface area contributed by atoms with Gasteiger partial charge >= 0.3 is 0 Å². The zero-order valence-electron chi connectivity index (χ0n) is 21.6. The Labute approximate surface area is 239 Å². The number of carbonyl (C=O) groups excluding carboxylic acids is 2. The molecular formula is C29H31Cl2N3O4S. The van der Waals surface area contributed by atoms with Crippen molar-refractivity contribution in [3.63, 3.8) is 0 Å². The molecule has 2 amide bonds. The standard InChI is InChI=1S/C29H31Cl2N3O4S/c1-21(29(36)32-25-9-5-6-10-25)33(19-22-14-16-23(30)17-15-22)28(35)20-34(26-11-7-8-24(31)18-26)39(37,38)27-12-3-2-4-13-27/h2-4,7-8,11-18,21,25H,5-6,9-10,19-20H2,1H3,(H,32,36). The minimum Gasteiger partial charge on any atom is -0.352 e. The van der Waals surface area contributed by atoms with E-state index >= 15 is 0 Å². The van der Waals surface area contributed by atoms with Gasteiger partial charge in [-0.15, -0.1) is 0 Å². The number of carbonyl (C=O) groups is 2. The lowest BCUT2D eigenvalue weighted by Gasteiger charge is -2.32. The Morgan fingerprint density at radius 3 is 2.23 bits per heavy atom. The summed E-state index contributed by atoms with van der Waals surface area (Å²) in [5.74, 6) is -0.803. The molecule has 1 fully saturated rings. The van der Waals surface area contributed by atoms with Crippen LogP contribution in [0.25, 0.3) is 0 Å². The summed E-state index contributed by atoms with van der Waals surface area (Å²) in [6, 6.07) is 20.4. The Morgan fingerprint density at radius 2 is 1.59 bits per heavy atom. The second-order valence-corrected chi connectivity index (χ2v) is 12.4. The quantitative estimate of drug-likeness (QED) is 0.331. The summed E-state index contributed by atoms with van der Waals surface area (Å²) in [4.78, 5) is 28.6. The number of amides is 2. The number of hydrogen-bond donors (Lipinski definition) is 1. The molecule has 1 saturated carbocycles. The first-order valence-electron chi connectivity index (χ1n) is 12.8. The average Bonchev–Trinajstić information content (AvgIpc) is 3.44. The molecule has 0 saturated heterocycles. The smallest absolute Gasteiger partial charge is 0.264 e. The van der Waals surface area contributed by atoms with E-state index in [0.29, 0.717) is 10.0 Å². The van der Waals surface area contributed by atoms with Crippen LogP contribution in [0.1, 0.15) is 38.2 Å². The van der Waals surface area contributed by atoms with Crippen LogP contribution in [-0.2, 0) is 26.2 Å². The van der Waals surface area contributed by atoms with Crippen LogP contribution in [0.5, 0.6) is 0 Å². The maximum Gasteiger partial charge on any atom is 0.264 e. The fourth-order valence-electron chi connectivity index (χ4n) is 4.64. The lowest BCUT2D eigenvalue weighted by atomic mass is 10.1. The first-order chi connectivity index (χ1) is 18.6. The number of hydrogen-bond acceptors (Lipinski definition) is 4. The third kappa shape index (κ3) is 7.32. The molecule has 0 aromatic heterocycles. The van der Waals surface area contributed by atoms with Crippen LogP contribution in [0.15, 0.2) is 83.8 Å². The van der Waals surface area contributed by atoms with E-state index in [4.69, 9.17) is 23.2 Å². The minimum absolute atomic E-state index is 0.0362. The van der Waals surface area contributed by atoms with E-state index in [1.54, 1.807) is 67.6 Å². The fraction of sp³-hybridized carbons (Fsp3) is 0.310. The van der Waals surface area contributed by atoms with Gasteiger partial charge in [0.15, 0.2) is 0 Å². The summed E-state index contributed by atoms with van der Waals surface area (Å²) in [6.45, 7) is 1.24. The SMILES string of the molecule is CC(C(=O)NC1CCCC1)N(Cc1ccc(Cl)cc1)C(=O)CN(c1cccc(Cl)c1)S(=O)(=O)c1ccccc1. The maximum atomic E-state index is 13.9. The van der Waals surface area contributed by atoms with Gasteiger partial charge in [-0.2, -0.15) is 0 Å². The predicted octanol–water partition coefficient (Wildman–Crippen LogP) is 5.66. The third-order valence-corrected chi connectivity index (χ3v) is 9.12. The Bertz CT molecular complexity index is 1400. The number of nitrogens with one attached hydrogen (secondary N) is 1. The summed E-state index contributed by atoms with van der Waals surface area (Å²) in [6.07, 6.45) is 3.92. The molecule has 1 N–H and O–H groups in total. The monoisotopic (exact) mass is 587 g/mol. The van der Waals surface area contributed by atoms with Crippen molar-refractivity contribution in [1.82, 2.24) is 10.2 Å². The lowest BCUT2D eigenvalue weighted by molar-refractivity contribution is -0.139. The molecule has 0 aliphatic heterocycles. The third-order valence-electron chi connectivity index (χ3n) is 6.84. The largest absolute Gasteiger partial charge is 0.352 e. The van der Waals surface area contributed by atoms with Gasteiger partial charge in [-0.05, 0) is 67.8 Å². The number of nitrogens with zero attached hydrogens (tertiary/aromatic N) is 2. The summed E-state index contributed by atoms with van der Waals surface area (Å²) in [5, 5.41) is 3.93. The van der Waals surface area contributed by atoms with Crippen LogP contribution in [0, 0.1) is 0 Å². The highest BCUT2D eigenvalue weighted by molar-refractivity contribution is 7.92. The molecule has 1 aliphatic rings. The van der Waals surface area contributed by atoms with Gasteiger partial charge in [0.25, 0.3) is 10.0 Å². The fourth-order valence-corrected chi connectivity index (χ4v) is 6.38. The van der Waals surface area contributed by atoms with Gasteiger partial charge in [0, 0.05) is 22.6 Å². The normalized spacial score (nSPS) is 14.5. The van der Waals surface area contributed by atoms with Gasteiger partial charge < -0.3 is 10.2 Å². The van der Waals surface area contributed by atoms with Gasteiger partial charge in [-0.3, -0.25) is 13.9 Å². The van der Waals surface area contributed by atoms with Crippen LogP contribution in [-0.4, -0.2) is 43.8 Å². The first-order valence-corrected chi connectivity index (χ1v) is 15.0. The molecule has 1 atom stereocenters. The summed E-state index contributed by atoms with van der Waals surface area (Å²) >= 11 is 12.2. The van der Waals surface area contributed by atoms with E-state index in [9.17, 15) is 18.0 Å². The van der Waals surface area contributed by atoms with Gasteiger partial charge in [0.05, 0.1) is 10.6 Å². The van der Waals surface area contributed by atoms with Crippen molar-refractivity contribution >= 4 is 50.7 Å². The highest BCUT2D eigenvalue weighted by Crippen LogP contribution is 2.27. The molecular weight excluding hydrogens is 557 g/mol. The molecule has 206 valence electrons. The van der Waals surface area contributed by atoms with Crippen molar-refractivity contribution in [3.05, 3.63) is 94.5 Å². The predicted molar refractivity (Wildman–Crippen MR) is 154 cm³/mol. The molecule has 0 spiro atoms. The van der Waals surface area contributed by atoms with Crippen molar-refractivity contribution in [2.75, 3.05) is 10.8 Å². The van der Waals surface area contributed by atoms with E-state index in [-0.39, 0.29) is 29.1 Å². The molecule has 1 unspecified atom stereocenters. The zero-order valence-corrected chi connectivity index (χ0v) is 23.9. The van der Waals surface area contributed by atoms with Crippen molar-refractivity contribution in [2.24, 2.45) is 0 Å². The summed E-state index contributed by atoms with van der Waals surface area (Å²) < 4.78 is 28.5. The molecule has 3 aromatic rings. The second-order valence-electron chi connectivity index (χ2n) is 9.62. The molecule has 3 aromatic carbocycles.